The number of aromatic nitrogens is 2. The van der Waals surface area contributed by atoms with Gasteiger partial charge in [-0.15, -0.1) is 5.10 Å². The summed E-state index contributed by atoms with van der Waals surface area (Å²) in [5, 5.41) is 7.77. The number of nitrogens with zero attached hydrogens (tertiary/aromatic N) is 2. The molecule has 0 aliphatic heterocycles. The minimum atomic E-state index is 0.491. The molecular weight excluding hydrogens is 218 g/mol. The van der Waals surface area contributed by atoms with Crippen LogP contribution in [-0.2, 0) is 0 Å². The van der Waals surface area contributed by atoms with Crippen molar-refractivity contribution in [3.63, 3.8) is 0 Å². The molecule has 1 aliphatic carbocycles. The highest BCUT2D eigenvalue weighted by molar-refractivity contribution is 7.05. The van der Waals surface area contributed by atoms with Gasteiger partial charge < -0.3 is 5.32 Å². The lowest BCUT2D eigenvalue weighted by atomic mass is 9.83. The summed E-state index contributed by atoms with van der Waals surface area (Å²) in [4.78, 5) is 1.36. The molecule has 0 spiro atoms. The molecule has 2 rings (SSSR count). The maximum atomic E-state index is 4.14. The van der Waals surface area contributed by atoms with Gasteiger partial charge in [-0.1, -0.05) is 30.7 Å². The van der Waals surface area contributed by atoms with E-state index in [-0.39, 0.29) is 0 Å². The first kappa shape index (κ1) is 12.0. The summed E-state index contributed by atoms with van der Waals surface area (Å²) in [6.45, 7) is 5.28. The Morgan fingerprint density at radius 3 is 2.69 bits per heavy atom. The predicted octanol–water partition coefficient (Wildman–Crippen LogP) is 3.08. The predicted molar refractivity (Wildman–Crippen MR) is 67.6 cm³/mol. The van der Waals surface area contributed by atoms with Crippen molar-refractivity contribution in [2.24, 2.45) is 5.92 Å². The Labute approximate surface area is 102 Å². The largest absolute Gasteiger partial charge is 0.309 e. The zero-order chi connectivity index (χ0) is 11.4. The first-order valence-electron chi connectivity index (χ1n) is 6.35. The Bertz CT molecular complexity index is 318. The molecule has 1 unspecified atom stereocenters. The molecule has 1 fully saturated rings. The summed E-state index contributed by atoms with van der Waals surface area (Å²) in [6, 6.07) is 0.491. The van der Waals surface area contributed by atoms with Crippen molar-refractivity contribution < 1.29 is 0 Å². The van der Waals surface area contributed by atoms with Gasteiger partial charge in [0.15, 0.2) is 0 Å². The van der Waals surface area contributed by atoms with Crippen LogP contribution in [0.25, 0.3) is 0 Å². The minimum Gasteiger partial charge on any atom is -0.309 e. The van der Waals surface area contributed by atoms with E-state index >= 15 is 0 Å². The van der Waals surface area contributed by atoms with E-state index in [2.05, 4.69) is 28.8 Å². The molecule has 1 aliphatic rings. The van der Waals surface area contributed by atoms with E-state index in [1.165, 1.54) is 37.0 Å². The highest BCUT2D eigenvalue weighted by Gasteiger charge is 2.27. The van der Waals surface area contributed by atoms with Gasteiger partial charge in [0.1, 0.15) is 0 Å². The topological polar surface area (TPSA) is 37.8 Å². The fraction of sp³-hybridized carbons (Fsp3) is 0.833. The fourth-order valence-electron chi connectivity index (χ4n) is 2.68. The van der Waals surface area contributed by atoms with Crippen LogP contribution in [-0.4, -0.2) is 16.1 Å². The molecule has 1 heterocycles. The lowest BCUT2D eigenvalue weighted by Gasteiger charge is -2.30. The van der Waals surface area contributed by atoms with E-state index in [0.29, 0.717) is 6.04 Å². The maximum absolute atomic E-state index is 4.14. The van der Waals surface area contributed by atoms with Gasteiger partial charge in [-0.25, -0.2) is 0 Å². The second-order valence-corrected chi connectivity index (χ2v) is 5.44. The normalized spacial score (nSPS) is 19.9. The summed E-state index contributed by atoms with van der Waals surface area (Å²) >= 11 is 1.57. The van der Waals surface area contributed by atoms with Crippen LogP contribution in [0.1, 0.15) is 55.6 Å². The molecule has 90 valence electrons. The lowest BCUT2D eigenvalue weighted by Crippen LogP contribution is -2.29. The van der Waals surface area contributed by atoms with E-state index in [9.17, 15) is 0 Å². The minimum absolute atomic E-state index is 0.491. The molecule has 0 bridgehead atoms. The summed E-state index contributed by atoms with van der Waals surface area (Å²) in [5.74, 6) is 0.787. The third-order valence-electron chi connectivity index (χ3n) is 3.51. The van der Waals surface area contributed by atoms with E-state index in [0.717, 1.165) is 18.2 Å². The van der Waals surface area contributed by atoms with Gasteiger partial charge in [-0.2, -0.15) is 0 Å². The standard InChI is InChI=1S/C12H21N3S/c1-3-13-11(10-7-5-4-6-8-10)12-9(2)14-15-16-12/h10-11,13H,3-8H2,1-2H3. The van der Waals surface area contributed by atoms with Crippen LogP contribution in [0.2, 0.25) is 0 Å². The summed E-state index contributed by atoms with van der Waals surface area (Å²) in [7, 11) is 0. The summed E-state index contributed by atoms with van der Waals surface area (Å²) in [5.41, 5.74) is 1.11. The first-order valence-corrected chi connectivity index (χ1v) is 7.12. The van der Waals surface area contributed by atoms with Crippen molar-refractivity contribution >= 4 is 11.5 Å². The Hall–Kier alpha value is -0.480. The molecule has 0 saturated heterocycles. The Balaban J connectivity index is 2.12. The maximum Gasteiger partial charge on any atom is 0.0772 e. The molecular formula is C12H21N3S. The van der Waals surface area contributed by atoms with Crippen molar-refractivity contribution in [2.75, 3.05) is 6.54 Å². The van der Waals surface area contributed by atoms with Crippen molar-refractivity contribution in [1.29, 1.82) is 0 Å². The van der Waals surface area contributed by atoms with E-state index in [1.807, 2.05) is 0 Å². The van der Waals surface area contributed by atoms with Gasteiger partial charge in [0, 0.05) is 6.04 Å². The molecule has 1 N–H and O–H groups in total. The second-order valence-electron chi connectivity index (χ2n) is 4.66. The third kappa shape index (κ3) is 2.61. The Morgan fingerprint density at radius 1 is 1.38 bits per heavy atom. The third-order valence-corrected chi connectivity index (χ3v) is 4.42. The highest BCUT2D eigenvalue weighted by atomic mass is 32.1. The van der Waals surface area contributed by atoms with Crippen LogP contribution < -0.4 is 5.32 Å². The summed E-state index contributed by atoms with van der Waals surface area (Å²) < 4.78 is 4.07. The highest BCUT2D eigenvalue weighted by Crippen LogP contribution is 2.36. The molecule has 4 heteroatoms. The van der Waals surface area contributed by atoms with Crippen molar-refractivity contribution in [2.45, 2.75) is 52.0 Å². The second kappa shape index (κ2) is 5.73. The van der Waals surface area contributed by atoms with E-state index in [4.69, 9.17) is 0 Å². The van der Waals surface area contributed by atoms with Crippen LogP contribution in [0.3, 0.4) is 0 Å². The number of aryl methyl sites for hydroxylation is 1. The zero-order valence-electron chi connectivity index (χ0n) is 10.2. The summed E-state index contributed by atoms with van der Waals surface area (Å²) in [6.07, 6.45) is 6.90. The van der Waals surface area contributed by atoms with Gasteiger partial charge in [-0.3, -0.25) is 0 Å². The fourth-order valence-corrected chi connectivity index (χ4v) is 3.50. The van der Waals surface area contributed by atoms with Crippen LogP contribution in [0.15, 0.2) is 0 Å². The first-order chi connectivity index (χ1) is 7.83. The number of nitrogens with one attached hydrogen (secondary N) is 1. The molecule has 1 atom stereocenters. The van der Waals surface area contributed by atoms with Crippen molar-refractivity contribution in [3.05, 3.63) is 10.6 Å². The van der Waals surface area contributed by atoms with Gasteiger partial charge in [0.2, 0.25) is 0 Å². The molecule has 0 radical (unpaired) electrons. The SMILES string of the molecule is CCNC(c1snnc1C)C1CCCCC1. The molecule has 16 heavy (non-hydrogen) atoms. The molecule has 1 saturated carbocycles. The number of hydrogen-bond acceptors (Lipinski definition) is 4. The van der Waals surface area contributed by atoms with Gasteiger partial charge in [0.05, 0.1) is 10.6 Å². The van der Waals surface area contributed by atoms with Crippen LogP contribution in [0.5, 0.6) is 0 Å². The van der Waals surface area contributed by atoms with Crippen LogP contribution in [0, 0.1) is 12.8 Å². The average Bonchev–Trinajstić information content (AvgIpc) is 2.73. The van der Waals surface area contributed by atoms with Crippen LogP contribution >= 0.6 is 11.5 Å². The average molecular weight is 239 g/mol. The van der Waals surface area contributed by atoms with E-state index in [1.54, 1.807) is 11.5 Å². The molecule has 0 amide bonds. The number of hydrogen-bond donors (Lipinski definition) is 1. The monoisotopic (exact) mass is 239 g/mol. The van der Waals surface area contributed by atoms with Crippen LogP contribution in [0.4, 0.5) is 0 Å². The van der Waals surface area contributed by atoms with Gasteiger partial charge >= 0.3 is 0 Å². The Morgan fingerprint density at radius 2 is 2.12 bits per heavy atom. The van der Waals surface area contributed by atoms with Gasteiger partial charge in [0.25, 0.3) is 0 Å². The van der Waals surface area contributed by atoms with Crippen molar-refractivity contribution in [1.82, 2.24) is 14.9 Å². The Kier molecular flexibility index (Phi) is 4.29. The number of rotatable bonds is 4. The lowest BCUT2D eigenvalue weighted by molar-refractivity contribution is 0.276. The quantitative estimate of drug-likeness (QED) is 0.877. The molecule has 3 nitrogen and oxygen atoms in total. The molecule has 1 aromatic rings. The van der Waals surface area contributed by atoms with Crippen molar-refractivity contribution in [3.8, 4) is 0 Å². The smallest absolute Gasteiger partial charge is 0.0772 e. The molecule has 0 aromatic carbocycles. The van der Waals surface area contributed by atoms with E-state index < -0.39 is 0 Å². The molecule has 1 aromatic heterocycles. The zero-order valence-corrected chi connectivity index (χ0v) is 11.0. The van der Waals surface area contributed by atoms with Gasteiger partial charge in [-0.05, 0) is 43.8 Å².